The summed E-state index contributed by atoms with van der Waals surface area (Å²) in [7, 11) is -3.63. The van der Waals surface area contributed by atoms with Crippen LogP contribution in [0.2, 0.25) is 0 Å². The van der Waals surface area contributed by atoms with Gasteiger partial charge in [-0.25, -0.2) is 13.1 Å². The van der Waals surface area contributed by atoms with Gasteiger partial charge in [-0.05, 0) is 48.9 Å². The first kappa shape index (κ1) is 28.1. The second-order valence-corrected chi connectivity index (χ2v) is 10.1. The Labute approximate surface area is 207 Å². The molecule has 0 amide bonds. The van der Waals surface area contributed by atoms with Crippen LogP contribution in [0.25, 0.3) is 0 Å². The summed E-state index contributed by atoms with van der Waals surface area (Å²) < 4.78 is 38.6. The molecule has 0 heterocycles. The summed E-state index contributed by atoms with van der Waals surface area (Å²) in [6.45, 7) is 2.45. The summed E-state index contributed by atoms with van der Waals surface area (Å²) in [6.07, 6.45) is 3.36. The third-order valence-corrected chi connectivity index (χ3v) is 6.65. The van der Waals surface area contributed by atoms with E-state index in [1.807, 2.05) is 37.3 Å². The molecule has 0 unspecified atom stereocenters. The van der Waals surface area contributed by atoms with Crippen LogP contribution in [-0.4, -0.2) is 43.8 Å². The van der Waals surface area contributed by atoms with Gasteiger partial charge in [0.15, 0.2) is 0 Å². The maximum Gasteiger partial charge on any atom is 0.324 e. The van der Waals surface area contributed by atoms with Crippen molar-refractivity contribution < 1.29 is 27.9 Å². The van der Waals surface area contributed by atoms with Crippen LogP contribution in [0.5, 0.6) is 5.75 Å². The minimum absolute atomic E-state index is 0.0471. The van der Waals surface area contributed by atoms with Crippen LogP contribution < -0.4 is 15.2 Å². The van der Waals surface area contributed by atoms with E-state index in [0.29, 0.717) is 25.2 Å². The third kappa shape index (κ3) is 11.2. The predicted octanol–water partition coefficient (Wildman–Crippen LogP) is 3.36. The van der Waals surface area contributed by atoms with Crippen molar-refractivity contribution in [3.8, 4) is 5.75 Å². The largest absolute Gasteiger partial charge is 0.494 e. The van der Waals surface area contributed by atoms with E-state index in [1.54, 1.807) is 24.3 Å². The molecule has 35 heavy (non-hydrogen) atoms. The number of unbranched alkanes of at least 4 members (excludes halogenated alkanes) is 2. The number of sulfonamides is 1. The van der Waals surface area contributed by atoms with E-state index < -0.39 is 22.0 Å². The number of esters is 1. The van der Waals surface area contributed by atoms with Gasteiger partial charge in [0, 0.05) is 6.42 Å². The van der Waals surface area contributed by atoms with Gasteiger partial charge in [-0.1, -0.05) is 61.0 Å². The zero-order valence-electron chi connectivity index (χ0n) is 20.1. The number of amidine groups is 1. The molecule has 0 bridgehead atoms. The summed E-state index contributed by atoms with van der Waals surface area (Å²) in [5, 5.41) is 11.5. The minimum Gasteiger partial charge on any atom is -0.494 e. The second kappa shape index (κ2) is 15.0. The molecule has 0 radical (unpaired) electrons. The number of hydrogen-bond acceptors (Lipinski definition) is 7. The third-order valence-electron chi connectivity index (χ3n) is 5.18. The lowest BCUT2D eigenvalue weighted by Gasteiger charge is -2.18. The van der Waals surface area contributed by atoms with Crippen LogP contribution in [0.4, 0.5) is 0 Å². The average Bonchev–Trinajstić information content (AvgIpc) is 2.86. The standard InChI is InChI=1S/C25H35N3O6S/c1-2-3-17-35(31,32)28-23(25(29)34-19-21-9-5-4-6-10-21)18-20-12-14-22(15-13-20)33-16-8-7-11-24(26)27-30/h4-6,9-10,12-15,23,28,30H,2-3,7-8,11,16-19H2,1H3,(H2,26,27)/t23-/m0/s1. The summed E-state index contributed by atoms with van der Waals surface area (Å²) in [4.78, 5) is 12.8. The monoisotopic (exact) mass is 505 g/mol. The Bertz CT molecular complexity index is 1030. The SMILES string of the molecule is CCCCS(=O)(=O)N[C@@H](Cc1ccc(OCCCCC(N)=NO)cc1)C(=O)OCc1ccccc1. The van der Waals surface area contributed by atoms with Gasteiger partial charge in [-0.2, -0.15) is 0 Å². The zero-order valence-corrected chi connectivity index (χ0v) is 20.9. The van der Waals surface area contributed by atoms with E-state index in [1.165, 1.54) is 0 Å². The first-order chi connectivity index (χ1) is 16.8. The van der Waals surface area contributed by atoms with Gasteiger partial charge < -0.3 is 20.4 Å². The van der Waals surface area contributed by atoms with Gasteiger partial charge in [-0.3, -0.25) is 4.79 Å². The molecule has 4 N–H and O–H groups in total. The topological polar surface area (TPSA) is 140 Å². The summed E-state index contributed by atoms with van der Waals surface area (Å²) in [5.41, 5.74) is 7.03. The highest BCUT2D eigenvalue weighted by Crippen LogP contribution is 2.15. The van der Waals surface area contributed by atoms with Crippen LogP contribution in [0.1, 0.15) is 50.2 Å². The van der Waals surface area contributed by atoms with Crippen LogP contribution in [0.15, 0.2) is 59.8 Å². The Morgan fingerprint density at radius 1 is 1.06 bits per heavy atom. The van der Waals surface area contributed by atoms with Gasteiger partial charge in [0.2, 0.25) is 10.0 Å². The molecular weight excluding hydrogens is 470 g/mol. The summed E-state index contributed by atoms with van der Waals surface area (Å²) >= 11 is 0. The van der Waals surface area contributed by atoms with Crippen molar-refractivity contribution in [2.45, 2.75) is 58.1 Å². The molecule has 10 heteroatoms. The maximum absolute atomic E-state index is 12.8. The molecule has 9 nitrogen and oxygen atoms in total. The number of rotatable bonds is 16. The van der Waals surface area contributed by atoms with Gasteiger partial charge in [0.05, 0.1) is 12.4 Å². The van der Waals surface area contributed by atoms with Gasteiger partial charge in [0.25, 0.3) is 0 Å². The van der Waals surface area contributed by atoms with Crippen molar-refractivity contribution in [3.63, 3.8) is 0 Å². The Balaban J connectivity index is 1.97. The molecule has 2 aromatic carbocycles. The van der Waals surface area contributed by atoms with Crippen molar-refractivity contribution in [3.05, 3.63) is 65.7 Å². The maximum atomic E-state index is 12.8. The smallest absolute Gasteiger partial charge is 0.324 e. The molecule has 2 aromatic rings. The van der Waals surface area contributed by atoms with E-state index >= 15 is 0 Å². The number of ether oxygens (including phenoxy) is 2. The first-order valence-corrected chi connectivity index (χ1v) is 13.4. The average molecular weight is 506 g/mol. The number of nitrogens with two attached hydrogens (primary N) is 1. The highest BCUT2D eigenvalue weighted by molar-refractivity contribution is 7.89. The quantitative estimate of drug-likeness (QED) is 0.0793. The number of carbonyl (C=O) groups excluding carboxylic acids is 1. The Hall–Kier alpha value is -3.11. The predicted molar refractivity (Wildman–Crippen MR) is 135 cm³/mol. The lowest BCUT2D eigenvalue weighted by Crippen LogP contribution is -2.44. The van der Waals surface area contributed by atoms with E-state index in [4.69, 9.17) is 20.4 Å². The summed E-state index contributed by atoms with van der Waals surface area (Å²) in [5.74, 6) is 0.176. The lowest BCUT2D eigenvalue weighted by molar-refractivity contribution is -0.147. The normalized spacial score (nSPS) is 12.8. The van der Waals surface area contributed by atoms with E-state index in [0.717, 1.165) is 30.4 Å². The van der Waals surface area contributed by atoms with E-state index in [9.17, 15) is 13.2 Å². The summed E-state index contributed by atoms with van der Waals surface area (Å²) in [6, 6.07) is 15.3. The molecule has 0 aliphatic rings. The number of hydrogen-bond donors (Lipinski definition) is 3. The van der Waals surface area contributed by atoms with Crippen molar-refractivity contribution in [2.24, 2.45) is 10.9 Å². The Morgan fingerprint density at radius 3 is 2.43 bits per heavy atom. The lowest BCUT2D eigenvalue weighted by atomic mass is 10.1. The van der Waals surface area contributed by atoms with Crippen molar-refractivity contribution in [1.82, 2.24) is 4.72 Å². The molecule has 0 aliphatic carbocycles. The number of benzene rings is 2. The van der Waals surface area contributed by atoms with Gasteiger partial charge in [0.1, 0.15) is 24.2 Å². The van der Waals surface area contributed by atoms with Gasteiger partial charge >= 0.3 is 5.97 Å². The molecule has 0 fully saturated rings. The number of nitrogens with zero attached hydrogens (tertiary/aromatic N) is 1. The fourth-order valence-electron chi connectivity index (χ4n) is 3.22. The second-order valence-electron chi connectivity index (χ2n) is 8.18. The fourth-order valence-corrected chi connectivity index (χ4v) is 4.62. The molecule has 0 spiro atoms. The number of oxime groups is 1. The number of carbonyl (C=O) groups is 1. The molecule has 1 atom stereocenters. The molecule has 192 valence electrons. The minimum atomic E-state index is -3.63. The van der Waals surface area contributed by atoms with E-state index in [-0.39, 0.29) is 24.6 Å². The molecule has 0 aliphatic heterocycles. The van der Waals surface area contributed by atoms with Crippen LogP contribution in [0.3, 0.4) is 0 Å². The molecule has 0 saturated carbocycles. The van der Waals surface area contributed by atoms with Crippen LogP contribution in [-0.2, 0) is 32.6 Å². The van der Waals surface area contributed by atoms with E-state index in [2.05, 4.69) is 9.88 Å². The highest BCUT2D eigenvalue weighted by Gasteiger charge is 2.26. The molecule has 0 aromatic heterocycles. The van der Waals surface area contributed by atoms with Crippen molar-refractivity contribution in [1.29, 1.82) is 0 Å². The number of nitrogens with one attached hydrogen (secondary N) is 1. The zero-order chi connectivity index (χ0) is 25.5. The molecule has 2 rings (SSSR count). The van der Waals surface area contributed by atoms with Crippen LogP contribution in [0, 0.1) is 0 Å². The Kier molecular flexibility index (Phi) is 12.1. The first-order valence-electron chi connectivity index (χ1n) is 11.7. The fraction of sp³-hybridized carbons (Fsp3) is 0.440. The van der Waals surface area contributed by atoms with Crippen molar-refractivity contribution >= 4 is 21.8 Å². The van der Waals surface area contributed by atoms with Crippen LogP contribution >= 0.6 is 0 Å². The molecular formula is C25H35N3O6S. The van der Waals surface area contributed by atoms with Gasteiger partial charge in [-0.15, -0.1) is 0 Å². The molecule has 0 saturated heterocycles. The highest BCUT2D eigenvalue weighted by atomic mass is 32.2. The van der Waals surface area contributed by atoms with Crippen molar-refractivity contribution in [2.75, 3.05) is 12.4 Å². The Morgan fingerprint density at radius 2 is 1.77 bits per heavy atom.